The van der Waals surface area contributed by atoms with Crippen molar-refractivity contribution in [1.82, 2.24) is 4.98 Å². The fourth-order valence-electron chi connectivity index (χ4n) is 1.46. The molecule has 0 amide bonds. The molecule has 1 heterocycles. The first-order valence-electron chi connectivity index (χ1n) is 4.86. The number of benzene rings is 1. The molecule has 0 saturated carbocycles. The maximum absolute atomic E-state index is 12.9. The monoisotopic (exact) mass is 331 g/mol. The number of hydrogen-bond donors (Lipinski definition) is 1. The summed E-state index contributed by atoms with van der Waals surface area (Å²) in [6, 6.07) is 5.15. The van der Waals surface area contributed by atoms with Crippen molar-refractivity contribution in [2.45, 2.75) is 6.18 Å². The lowest BCUT2D eigenvalue weighted by Gasteiger charge is -2.10. The summed E-state index contributed by atoms with van der Waals surface area (Å²) in [7, 11) is 0. The molecule has 0 radical (unpaired) electrons. The van der Waals surface area contributed by atoms with E-state index in [1.807, 2.05) is 0 Å². The van der Waals surface area contributed by atoms with Gasteiger partial charge < -0.3 is 10.2 Å². The van der Waals surface area contributed by atoms with Gasteiger partial charge in [-0.3, -0.25) is 0 Å². The summed E-state index contributed by atoms with van der Waals surface area (Å²) in [5.74, 6) is -0.651. The number of nitrogen functional groups attached to an aromatic ring is 1. The molecule has 4 nitrogen and oxygen atoms in total. The standard InChI is InChI=1S/C11H5BrF3N3O/c12-5-1-2-6(7(3-5)11(13,14)15)10-18-8(4-16)9(17)19-10/h1-3H,17H2. The van der Waals surface area contributed by atoms with Gasteiger partial charge in [0, 0.05) is 10.0 Å². The fourth-order valence-corrected chi connectivity index (χ4v) is 1.83. The van der Waals surface area contributed by atoms with Gasteiger partial charge in [0.25, 0.3) is 0 Å². The third-order valence-electron chi connectivity index (χ3n) is 2.28. The zero-order valence-corrected chi connectivity index (χ0v) is 10.7. The highest BCUT2D eigenvalue weighted by molar-refractivity contribution is 9.10. The van der Waals surface area contributed by atoms with E-state index in [4.69, 9.17) is 15.4 Å². The van der Waals surface area contributed by atoms with Crippen molar-refractivity contribution in [3.05, 3.63) is 33.9 Å². The van der Waals surface area contributed by atoms with Gasteiger partial charge in [0.2, 0.25) is 17.5 Å². The SMILES string of the molecule is N#Cc1nc(-c2ccc(Br)cc2C(F)(F)F)oc1N. The Balaban J connectivity index is 2.65. The van der Waals surface area contributed by atoms with Crippen LogP contribution < -0.4 is 5.73 Å². The zero-order valence-electron chi connectivity index (χ0n) is 9.12. The van der Waals surface area contributed by atoms with Crippen LogP contribution in [0.3, 0.4) is 0 Å². The highest BCUT2D eigenvalue weighted by Crippen LogP contribution is 2.38. The van der Waals surface area contributed by atoms with Crippen molar-refractivity contribution in [3.63, 3.8) is 0 Å². The molecule has 0 aliphatic rings. The topological polar surface area (TPSA) is 75.8 Å². The van der Waals surface area contributed by atoms with Gasteiger partial charge in [0.05, 0.1) is 5.56 Å². The zero-order chi connectivity index (χ0) is 14.2. The number of aromatic nitrogens is 1. The van der Waals surface area contributed by atoms with Crippen molar-refractivity contribution in [1.29, 1.82) is 5.26 Å². The first kappa shape index (κ1) is 13.4. The van der Waals surface area contributed by atoms with Crippen LogP contribution in [-0.4, -0.2) is 4.98 Å². The molecule has 0 unspecified atom stereocenters. The normalized spacial score (nSPS) is 11.3. The molecule has 0 spiro atoms. The van der Waals surface area contributed by atoms with E-state index < -0.39 is 11.7 Å². The van der Waals surface area contributed by atoms with Crippen molar-refractivity contribution >= 4 is 21.8 Å². The molecule has 0 atom stereocenters. The van der Waals surface area contributed by atoms with E-state index in [9.17, 15) is 13.2 Å². The van der Waals surface area contributed by atoms with Crippen molar-refractivity contribution in [2.75, 3.05) is 5.73 Å². The molecule has 8 heteroatoms. The lowest BCUT2D eigenvalue weighted by molar-refractivity contribution is -0.137. The second-order valence-corrected chi connectivity index (χ2v) is 4.45. The number of rotatable bonds is 1. The predicted octanol–water partition coefficient (Wildman–Crippen LogP) is 3.58. The van der Waals surface area contributed by atoms with Crippen LogP contribution in [0.4, 0.5) is 19.1 Å². The molecule has 2 rings (SSSR count). The third-order valence-corrected chi connectivity index (χ3v) is 2.77. The molecule has 0 aliphatic heterocycles. The number of anilines is 1. The quantitative estimate of drug-likeness (QED) is 0.866. The first-order chi connectivity index (χ1) is 8.82. The van der Waals surface area contributed by atoms with Crippen LogP contribution in [0.2, 0.25) is 0 Å². The minimum atomic E-state index is -4.57. The van der Waals surface area contributed by atoms with Crippen LogP contribution in [-0.2, 0) is 6.18 Å². The van der Waals surface area contributed by atoms with Crippen molar-refractivity contribution in [3.8, 4) is 17.5 Å². The molecule has 2 aromatic rings. The number of nitriles is 1. The molecule has 19 heavy (non-hydrogen) atoms. The molecular weight excluding hydrogens is 327 g/mol. The van der Waals surface area contributed by atoms with Crippen LogP contribution in [0.25, 0.3) is 11.5 Å². The van der Waals surface area contributed by atoms with Gasteiger partial charge in [-0.1, -0.05) is 15.9 Å². The van der Waals surface area contributed by atoms with E-state index in [2.05, 4.69) is 20.9 Å². The molecule has 0 saturated heterocycles. The summed E-state index contributed by atoms with van der Waals surface area (Å²) < 4.78 is 43.9. The molecule has 0 aliphatic carbocycles. The van der Waals surface area contributed by atoms with E-state index in [0.717, 1.165) is 6.07 Å². The van der Waals surface area contributed by atoms with E-state index in [-0.39, 0.29) is 27.5 Å². The second kappa shape index (κ2) is 4.59. The van der Waals surface area contributed by atoms with Crippen molar-refractivity contribution < 1.29 is 17.6 Å². The summed E-state index contributed by atoms with van der Waals surface area (Å²) in [4.78, 5) is 3.63. The second-order valence-electron chi connectivity index (χ2n) is 3.53. The van der Waals surface area contributed by atoms with Gasteiger partial charge in [-0.2, -0.15) is 23.4 Å². The minimum Gasteiger partial charge on any atom is -0.419 e. The van der Waals surface area contributed by atoms with Crippen LogP contribution >= 0.6 is 15.9 Å². The Morgan fingerprint density at radius 2 is 2.05 bits per heavy atom. The van der Waals surface area contributed by atoms with Gasteiger partial charge >= 0.3 is 6.18 Å². The molecule has 0 fully saturated rings. The maximum atomic E-state index is 12.9. The Hall–Kier alpha value is -2.01. The molecular formula is C11H5BrF3N3O. The molecule has 1 aromatic heterocycles. The van der Waals surface area contributed by atoms with Crippen LogP contribution in [0, 0.1) is 11.3 Å². The Morgan fingerprint density at radius 1 is 1.37 bits per heavy atom. The van der Waals surface area contributed by atoms with E-state index in [1.165, 1.54) is 12.1 Å². The lowest BCUT2D eigenvalue weighted by Crippen LogP contribution is -2.07. The number of halogens is 4. The average Bonchev–Trinajstić information content (AvgIpc) is 2.69. The molecule has 2 N–H and O–H groups in total. The highest BCUT2D eigenvalue weighted by Gasteiger charge is 2.35. The summed E-state index contributed by atoms with van der Waals surface area (Å²) in [6.45, 7) is 0. The number of hydrogen-bond acceptors (Lipinski definition) is 4. The number of nitrogens with zero attached hydrogens (tertiary/aromatic N) is 2. The third kappa shape index (κ3) is 2.56. The average molecular weight is 332 g/mol. The van der Waals surface area contributed by atoms with Gasteiger partial charge in [0.15, 0.2) is 0 Å². The van der Waals surface area contributed by atoms with Crippen LogP contribution in [0.15, 0.2) is 27.1 Å². The van der Waals surface area contributed by atoms with E-state index >= 15 is 0 Å². The number of oxazole rings is 1. The fraction of sp³-hybridized carbons (Fsp3) is 0.0909. The summed E-state index contributed by atoms with van der Waals surface area (Å²) >= 11 is 2.97. The summed E-state index contributed by atoms with van der Waals surface area (Å²) in [6.07, 6.45) is -4.57. The smallest absolute Gasteiger partial charge is 0.417 e. The van der Waals surface area contributed by atoms with E-state index in [1.54, 1.807) is 6.07 Å². The Labute approximate surface area is 113 Å². The van der Waals surface area contributed by atoms with Gasteiger partial charge in [-0.25, -0.2) is 0 Å². The van der Waals surface area contributed by atoms with Gasteiger partial charge in [0.1, 0.15) is 6.07 Å². The minimum absolute atomic E-state index is 0.244. The molecule has 98 valence electrons. The van der Waals surface area contributed by atoms with Gasteiger partial charge in [-0.15, -0.1) is 0 Å². The predicted molar refractivity (Wildman–Crippen MR) is 63.8 cm³/mol. The van der Waals surface area contributed by atoms with Crippen LogP contribution in [0.1, 0.15) is 11.3 Å². The molecule has 1 aromatic carbocycles. The van der Waals surface area contributed by atoms with E-state index in [0.29, 0.717) is 0 Å². The summed E-state index contributed by atoms with van der Waals surface area (Å²) in [5.41, 5.74) is 3.89. The lowest BCUT2D eigenvalue weighted by atomic mass is 10.1. The maximum Gasteiger partial charge on any atom is 0.417 e. The number of alkyl halides is 3. The molecule has 0 bridgehead atoms. The summed E-state index contributed by atoms with van der Waals surface area (Å²) in [5, 5.41) is 8.67. The number of nitrogens with two attached hydrogens (primary N) is 1. The Kier molecular flexibility index (Phi) is 3.24. The Morgan fingerprint density at radius 3 is 2.58 bits per heavy atom. The van der Waals surface area contributed by atoms with Crippen LogP contribution in [0.5, 0.6) is 0 Å². The van der Waals surface area contributed by atoms with Crippen molar-refractivity contribution in [2.24, 2.45) is 0 Å². The highest BCUT2D eigenvalue weighted by atomic mass is 79.9. The van der Waals surface area contributed by atoms with Gasteiger partial charge in [-0.05, 0) is 18.2 Å². The Bertz CT molecular complexity index is 673. The largest absolute Gasteiger partial charge is 0.419 e. The first-order valence-corrected chi connectivity index (χ1v) is 5.65.